The van der Waals surface area contributed by atoms with Gasteiger partial charge in [-0.25, -0.2) is 0 Å². The molecule has 3 N–H and O–H groups in total. The molecule has 1 aromatic carbocycles. The van der Waals surface area contributed by atoms with E-state index in [-0.39, 0.29) is 5.78 Å². The fourth-order valence-electron chi connectivity index (χ4n) is 1.54. The molecule has 76 valence electrons. The number of aromatic amines is 1. The summed E-state index contributed by atoms with van der Waals surface area (Å²) >= 11 is 0. The SMILES string of the molecule is CC(=O)c1cc(-c2ccccc2)[nH]c1N. The first kappa shape index (κ1) is 9.52. The summed E-state index contributed by atoms with van der Waals surface area (Å²) in [4.78, 5) is 14.2. The van der Waals surface area contributed by atoms with E-state index in [9.17, 15) is 4.79 Å². The van der Waals surface area contributed by atoms with E-state index in [1.165, 1.54) is 6.92 Å². The van der Waals surface area contributed by atoms with Crippen LogP contribution in [-0.2, 0) is 0 Å². The number of nitrogen functional groups attached to an aromatic ring is 1. The molecule has 3 heteroatoms. The van der Waals surface area contributed by atoms with Gasteiger partial charge < -0.3 is 10.7 Å². The lowest BCUT2D eigenvalue weighted by Crippen LogP contribution is -1.95. The Morgan fingerprint density at radius 3 is 2.47 bits per heavy atom. The van der Waals surface area contributed by atoms with Crippen LogP contribution in [0.2, 0.25) is 0 Å². The first-order chi connectivity index (χ1) is 7.18. The molecule has 0 radical (unpaired) electrons. The third-order valence-corrected chi connectivity index (χ3v) is 2.31. The number of nitrogens with one attached hydrogen (secondary N) is 1. The van der Waals surface area contributed by atoms with Crippen LogP contribution in [0.25, 0.3) is 11.3 Å². The van der Waals surface area contributed by atoms with Crippen molar-refractivity contribution < 1.29 is 4.79 Å². The maximum Gasteiger partial charge on any atom is 0.163 e. The monoisotopic (exact) mass is 200 g/mol. The molecule has 0 aliphatic carbocycles. The largest absolute Gasteiger partial charge is 0.385 e. The van der Waals surface area contributed by atoms with Gasteiger partial charge in [0, 0.05) is 5.69 Å². The summed E-state index contributed by atoms with van der Waals surface area (Å²) in [5, 5.41) is 0. The molecular weight excluding hydrogens is 188 g/mol. The molecular formula is C12H12N2O. The highest BCUT2D eigenvalue weighted by atomic mass is 16.1. The second-order valence-electron chi connectivity index (χ2n) is 3.43. The van der Waals surface area contributed by atoms with Crippen molar-refractivity contribution in [2.45, 2.75) is 6.92 Å². The molecule has 0 amide bonds. The van der Waals surface area contributed by atoms with E-state index in [1.807, 2.05) is 30.3 Å². The van der Waals surface area contributed by atoms with Crippen LogP contribution in [0.4, 0.5) is 5.82 Å². The van der Waals surface area contributed by atoms with Gasteiger partial charge in [-0.3, -0.25) is 4.79 Å². The third-order valence-electron chi connectivity index (χ3n) is 2.31. The van der Waals surface area contributed by atoms with Gasteiger partial charge in [-0.2, -0.15) is 0 Å². The Balaban J connectivity index is 2.48. The standard InChI is InChI=1S/C12H12N2O/c1-8(15)10-7-11(14-12(10)13)9-5-3-2-4-6-9/h2-7,14H,13H2,1H3. The number of H-pyrrole nitrogens is 1. The highest BCUT2D eigenvalue weighted by Gasteiger charge is 2.09. The molecule has 3 nitrogen and oxygen atoms in total. The lowest BCUT2D eigenvalue weighted by molar-refractivity contribution is 0.101. The summed E-state index contributed by atoms with van der Waals surface area (Å²) in [7, 11) is 0. The predicted molar refractivity (Wildman–Crippen MR) is 60.6 cm³/mol. The summed E-state index contributed by atoms with van der Waals surface area (Å²) in [5.41, 5.74) is 8.15. The molecule has 0 aliphatic heterocycles. The Morgan fingerprint density at radius 1 is 1.27 bits per heavy atom. The van der Waals surface area contributed by atoms with E-state index in [4.69, 9.17) is 5.73 Å². The smallest absolute Gasteiger partial charge is 0.163 e. The summed E-state index contributed by atoms with van der Waals surface area (Å²) in [6.07, 6.45) is 0. The molecule has 0 bridgehead atoms. The number of hydrogen-bond acceptors (Lipinski definition) is 2. The topological polar surface area (TPSA) is 58.9 Å². The van der Waals surface area contributed by atoms with E-state index in [0.29, 0.717) is 11.4 Å². The Morgan fingerprint density at radius 2 is 1.93 bits per heavy atom. The van der Waals surface area contributed by atoms with Gasteiger partial charge in [0.15, 0.2) is 5.78 Å². The number of anilines is 1. The van der Waals surface area contributed by atoms with Gasteiger partial charge in [-0.05, 0) is 18.6 Å². The van der Waals surface area contributed by atoms with Crippen LogP contribution < -0.4 is 5.73 Å². The zero-order valence-corrected chi connectivity index (χ0v) is 8.45. The van der Waals surface area contributed by atoms with Crippen molar-refractivity contribution in [1.82, 2.24) is 4.98 Å². The summed E-state index contributed by atoms with van der Waals surface area (Å²) < 4.78 is 0. The van der Waals surface area contributed by atoms with Crippen LogP contribution in [0.3, 0.4) is 0 Å². The Hall–Kier alpha value is -2.03. The molecule has 0 saturated heterocycles. The number of rotatable bonds is 2. The first-order valence-corrected chi connectivity index (χ1v) is 4.73. The number of aromatic nitrogens is 1. The minimum atomic E-state index is -0.0223. The lowest BCUT2D eigenvalue weighted by atomic mass is 10.1. The number of benzene rings is 1. The van der Waals surface area contributed by atoms with Crippen LogP contribution in [0.15, 0.2) is 36.4 Å². The number of Topliss-reactive ketones (excluding diaryl/α,β-unsaturated/α-hetero) is 1. The number of ketones is 1. The molecule has 0 unspecified atom stereocenters. The zero-order valence-electron chi connectivity index (χ0n) is 8.45. The molecule has 15 heavy (non-hydrogen) atoms. The molecule has 1 heterocycles. The fourth-order valence-corrected chi connectivity index (χ4v) is 1.54. The minimum Gasteiger partial charge on any atom is -0.385 e. The maximum absolute atomic E-state index is 11.2. The molecule has 0 saturated carbocycles. The van der Waals surface area contributed by atoms with Crippen LogP contribution in [-0.4, -0.2) is 10.8 Å². The van der Waals surface area contributed by atoms with Crippen LogP contribution in [0, 0.1) is 0 Å². The molecule has 2 aromatic rings. The molecule has 1 aromatic heterocycles. The summed E-state index contributed by atoms with van der Waals surface area (Å²) in [6.45, 7) is 1.51. The van der Waals surface area contributed by atoms with E-state index in [1.54, 1.807) is 6.07 Å². The predicted octanol–water partition coefficient (Wildman–Crippen LogP) is 2.47. The van der Waals surface area contributed by atoms with E-state index >= 15 is 0 Å². The van der Waals surface area contributed by atoms with Crippen LogP contribution >= 0.6 is 0 Å². The Labute approximate surface area is 87.9 Å². The van der Waals surface area contributed by atoms with Gasteiger partial charge in [0.2, 0.25) is 0 Å². The van der Waals surface area contributed by atoms with Crippen LogP contribution in [0.5, 0.6) is 0 Å². The van der Waals surface area contributed by atoms with Crippen molar-refractivity contribution >= 4 is 11.6 Å². The highest BCUT2D eigenvalue weighted by Crippen LogP contribution is 2.23. The van der Waals surface area contributed by atoms with Gasteiger partial charge in [0.25, 0.3) is 0 Å². The molecule has 0 aliphatic rings. The van der Waals surface area contributed by atoms with E-state index < -0.39 is 0 Å². The lowest BCUT2D eigenvalue weighted by Gasteiger charge is -1.95. The van der Waals surface area contributed by atoms with Crippen molar-refractivity contribution in [3.8, 4) is 11.3 Å². The average Bonchev–Trinajstić information content (AvgIpc) is 2.62. The second kappa shape index (κ2) is 3.61. The maximum atomic E-state index is 11.2. The van der Waals surface area contributed by atoms with Crippen molar-refractivity contribution in [3.05, 3.63) is 42.0 Å². The molecule has 2 rings (SSSR count). The van der Waals surface area contributed by atoms with Gasteiger partial charge in [0.1, 0.15) is 5.82 Å². The second-order valence-corrected chi connectivity index (χ2v) is 3.43. The number of carbonyl (C=O) groups is 1. The summed E-state index contributed by atoms with van der Waals surface area (Å²) in [6, 6.07) is 11.6. The number of hydrogen-bond donors (Lipinski definition) is 2. The van der Waals surface area contributed by atoms with Gasteiger partial charge in [-0.15, -0.1) is 0 Å². The third kappa shape index (κ3) is 1.76. The van der Waals surface area contributed by atoms with Crippen molar-refractivity contribution in [2.75, 3.05) is 5.73 Å². The Kier molecular flexibility index (Phi) is 2.29. The summed E-state index contributed by atoms with van der Waals surface area (Å²) in [5.74, 6) is 0.410. The van der Waals surface area contributed by atoms with Crippen molar-refractivity contribution in [1.29, 1.82) is 0 Å². The zero-order chi connectivity index (χ0) is 10.8. The van der Waals surface area contributed by atoms with Gasteiger partial charge in [-0.1, -0.05) is 30.3 Å². The van der Waals surface area contributed by atoms with E-state index in [0.717, 1.165) is 11.3 Å². The van der Waals surface area contributed by atoms with Gasteiger partial charge in [0.05, 0.1) is 5.56 Å². The first-order valence-electron chi connectivity index (χ1n) is 4.73. The number of nitrogens with two attached hydrogens (primary N) is 1. The van der Waals surface area contributed by atoms with Crippen molar-refractivity contribution in [3.63, 3.8) is 0 Å². The quantitative estimate of drug-likeness (QED) is 0.731. The molecule has 0 fully saturated rings. The molecule has 0 spiro atoms. The van der Waals surface area contributed by atoms with Crippen molar-refractivity contribution in [2.24, 2.45) is 0 Å². The minimum absolute atomic E-state index is 0.0223. The molecule has 0 atom stereocenters. The number of carbonyl (C=O) groups excluding carboxylic acids is 1. The average molecular weight is 200 g/mol. The normalized spacial score (nSPS) is 10.2. The van der Waals surface area contributed by atoms with E-state index in [2.05, 4.69) is 4.98 Å². The fraction of sp³-hybridized carbons (Fsp3) is 0.0833. The van der Waals surface area contributed by atoms with Gasteiger partial charge >= 0.3 is 0 Å². The Bertz CT molecular complexity index is 486. The van der Waals surface area contributed by atoms with Crippen LogP contribution in [0.1, 0.15) is 17.3 Å². The highest BCUT2D eigenvalue weighted by molar-refractivity contribution is 5.99.